The lowest BCUT2D eigenvalue weighted by Gasteiger charge is -2.21. The second-order valence-corrected chi connectivity index (χ2v) is 5.86. The van der Waals surface area contributed by atoms with Gasteiger partial charge >= 0.3 is 0 Å². The van der Waals surface area contributed by atoms with E-state index in [9.17, 15) is 0 Å². The summed E-state index contributed by atoms with van der Waals surface area (Å²) in [5.74, 6) is 5.72. The minimum Gasteiger partial charge on any atom is -0.384 e. The van der Waals surface area contributed by atoms with Crippen molar-refractivity contribution in [1.29, 1.82) is 0 Å². The van der Waals surface area contributed by atoms with Crippen molar-refractivity contribution in [2.45, 2.75) is 20.4 Å². The second-order valence-electron chi connectivity index (χ2n) is 4.86. The van der Waals surface area contributed by atoms with Crippen molar-refractivity contribution in [3.63, 3.8) is 0 Å². The van der Waals surface area contributed by atoms with Gasteiger partial charge in [0.05, 0.1) is 6.54 Å². The molecule has 3 heteroatoms. The molecule has 0 saturated heterocycles. The first-order valence-corrected chi connectivity index (χ1v) is 7.44. The van der Waals surface area contributed by atoms with Crippen molar-refractivity contribution in [2.75, 3.05) is 18.6 Å². The van der Waals surface area contributed by atoms with E-state index in [4.69, 9.17) is 5.11 Å². The Bertz CT molecular complexity index is 648. The molecule has 1 aromatic heterocycles. The average molecular weight is 285 g/mol. The maximum atomic E-state index is 8.80. The van der Waals surface area contributed by atoms with Gasteiger partial charge in [-0.15, -0.1) is 11.3 Å². The third-order valence-electron chi connectivity index (χ3n) is 3.19. The molecule has 104 valence electrons. The predicted octanol–water partition coefficient (Wildman–Crippen LogP) is 3.35. The molecule has 2 aromatic rings. The zero-order valence-corrected chi connectivity index (χ0v) is 12.9. The highest BCUT2D eigenvalue weighted by atomic mass is 32.1. The number of hydrogen-bond donors (Lipinski definition) is 1. The molecule has 0 saturated carbocycles. The monoisotopic (exact) mass is 285 g/mol. The van der Waals surface area contributed by atoms with E-state index in [1.165, 1.54) is 21.7 Å². The maximum Gasteiger partial charge on any atom is 0.104 e. The third kappa shape index (κ3) is 3.41. The predicted molar refractivity (Wildman–Crippen MR) is 86.3 cm³/mol. The summed E-state index contributed by atoms with van der Waals surface area (Å²) in [6.07, 6.45) is 0. The van der Waals surface area contributed by atoms with E-state index in [1.54, 1.807) is 11.3 Å². The molecule has 1 N–H and O–H groups in total. The van der Waals surface area contributed by atoms with Gasteiger partial charge in [-0.25, -0.2) is 0 Å². The summed E-state index contributed by atoms with van der Waals surface area (Å²) in [6.45, 7) is 4.98. The van der Waals surface area contributed by atoms with Gasteiger partial charge in [0.2, 0.25) is 0 Å². The summed E-state index contributed by atoms with van der Waals surface area (Å²) in [4.78, 5) is 3.47. The van der Waals surface area contributed by atoms with Gasteiger partial charge < -0.3 is 10.0 Å². The summed E-state index contributed by atoms with van der Waals surface area (Å²) in [5, 5.41) is 10.8. The van der Waals surface area contributed by atoms with Crippen LogP contribution in [0.4, 0.5) is 5.69 Å². The van der Waals surface area contributed by atoms with E-state index in [-0.39, 0.29) is 6.61 Å². The number of aliphatic hydroxyl groups excluding tert-OH is 1. The number of anilines is 1. The Hall–Kier alpha value is -1.76. The van der Waals surface area contributed by atoms with Gasteiger partial charge in [0.15, 0.2) is 0 Å². The van der Waals surface area contributed by atoms with Gasteiger partial charge in [-0.1, -0.05) is 29.5 Å². The van der Waals surface area contributed by atoms with Gasteiger partial charge in [-0.3, -0.25) is 0 Å². The van der Waals surface area contributed by atoms with Crippen molar-refractivity contribution in [2.24, 2.45) is 0 Å². The largest absolute Gasteiger partial charge is 0.384 e. The molecule has 0 atom stereocenters. The molecule has 0 aliphatic rings. The fraction of sp³-hybridized carbons (Fsp3) is 0.294. The first-order valence-electron chi connectivity index (χ1n) is 6.56. The fourth-order valence-electron chi connectivity index (χ4n) is 2.24. The molecule has 0 unspecified atom stereocenters. The highest BCUT2D eigenvalue weighted by molar-refractivity contribution is 7.10. The molecule has 0 radical (unpaired) electrons. The van der Waals surface area contributed by atoms with Crippen LogP contribution in [-0.4, -0.2) is 18.8 Å². The SMILES string of the molecule is Cc1ccc(N(C)Cc2sccc2C#CCO)c(C)c1. The first kappa shape index (κ1) is 14.6. The molecule has 1 heterocycles. The fourth-order valence-corrected chi connectivity index (χ4v) is 3.13. The van der Waals surface area contributed by atoms with Crippen molar-refractivity contribution < 1.29 is 5.11 Å². The molecule has 0 aliphatic carbocycles. The lowest BCUT2D eigenvalue weighted by molar-refractivity contribution is 0.350. The summed E-state index contributed by atoms with van der Waals surface area (Å²) >= 11 is 1.71. The summed E-state index contributed by atoms with van der Waals surface area (Å²) < 4.78 is 0. The number of hydrogen-bond acceptors (Lipinski definition) is 3. The summed E-state index contributed by atoms with van der Waals surface area (Å²) in [5.41, 5.74) is 4.82. The van der Waals surface area contributed by atoms with E-state index < -0.39 is 0 Å². The third-order valence-corrected chi connectivity index (χ3v) is 4.10. The summed E-state index contributed by atoms with van der Waals surface area (Å²) in [7, 11) is 2.10. The van der Waals surface area contributed by atoms with Crippen molar-refractivity contribution in [1.82, 2.24) is 0 Å². The number of aliphatic hydroxyl groups is 1. The normalized spacial score (nSPS) is 10.0. The molecule has 20 heavy (non-hydrogen) atoms. The Balaban J connectivity index is 2.19. The molecular formula is C17H19NOS. The van der Waals surface area contributed by atoms with Crippen LogP contribution in [0.5, 0.6) is 0 Å². The molecule has 1 aromatic carbocycles. The van der Waals surface area contributed by atoms with Crippen molar-refractivity contribution in [3.8, 4) is 11.8 Å². The number of rotatable bonds is 3. The van der Waals surface area contributed by atoms with Gasteiger partial charge in [-0.05, 0) is 36.9 Å². The molecule has 2 nitrogen and oxygen atoms in total. The van der Waals surface area contributed by atoms with E-state index in [0.29, 0.717) is 0 Å². The molecule has 0 bridgehead atoms. The number of thiophene rings is 1. The Morgan fingerprint density at radius 1 is 1.25 bits per heavy atom. The van der Waals surface area contributed by atoms with E-state index >= 15 is 0 Å². The quantitative estimate of drug-likeness (QED) is 0.874. The van der Waals surface area contributed by atoms with Crippen LogP contribution in [0.1, 0.15) is 21.6 Å². The van der Waals surface area contributed by atoms with Crippen LogP contribution >= 0.6 is 11.3 Å². The minimum absolute atomic E-state index is 0.0950. The molecule has 0 fully saturated rings. The molecule has 2 rings (SSSR count). The van der Waals surface area contributed by atoms with Crippen LogP contribution in [0.25, 0.3) is 0 Å². The van der Waals surface area contributed by atoms with Gasteiger partial charge in [0, 0.05) is 23.2 Å². The Morgan fingerprint density at radius 2 is 2.05 bits per heavy atom. The second kappa shape index (κ2) is 6.60. The van der Waals surface area contributed by atoms with Crippen LogP contribution < -0.4 is 4.90 Å². The van der Waals surface area contributed by atoms with Crippen LogP contribution in [0.15, 0.2) is 29.6 Å². The van der Waals surface area contributed by atoms with Crippen molar-refractivity contribution in [3.05, 3.63) is 51.2 Å². The first-order chi connectivity index (χ1) is 9.61. The Kier molecular flexibility index (Phi) is 4.84. The van der Waals surface area contributed by atoms with E-state index in [0.717, 1.165) is 12.1 Å². The highest BCUT2D eigenvalue weighted by Gasteiger charge is 2.09. The number of nitrogens with zero attached hydrogens (tertiary/aromatic N) is 1. The Morgan fingerprint density at radius 3 is 2.75 bits per heavy atom. The standard InChI is InChI=1S/C17H19NOS/c1-13-6-7-16(14(2)11-13)18(3)12-17-15(5-4-9-19)8-10-20-17/h6-8,10-11,19H,9,12H2,1-3H3. The molecular weight excluding hydrogens is 266 g/mol. The lowest BCUT2D eigenvalue weighted by atomic mass is 10.1. The highest BCUT2D eigenvalue weighted by Crippen LogP contribution is 2.24. The number of benzene rings is 1. The smallest absolute Gasteiger partial charge is 0.104 e. The average Bonchev–Trinajstić information content (AvgIpc) is 2.83. The minimum atomic E-state index is -0.0950. The summed E-state index contributed by atoms with van der Waals surface area (Å²) in [6, 6.07) is 8.52. The zero-order valence-electron chi connectivity index (χ0n) is 12.1. The van der Waals surface area contributed by atoms with Crippen LogP contribution in [0, 0.1) is 25.7 Å². The molecule has 0 spiro atoms. The molecule has 0 aliphatic heterocycles. The Labute approximate surface area is 124 Å². The van der Waals surface area contributed by atoms with Gasteiger partial charge in [-0.2, -0.15) is 0 Å². The van der Waals surface area contributed by atoms with E-state index in [1.807, 2.05) is 11.4 Å². The van der Waals surface area contributed by atoms with Crippen LogP contribution in [0.3, 0.4) is 0 Å². The maximum absolute atomic E-state index is 8.80. The van der Waals surface area contributed by atoms with Gasteiger partial charge in [0.1, 0.15) is 6.61 Å². The lowest BCUT2D eigenvalue weighted by Crippen LogP contribution is -2.17. The van der Waals surface area contributed by atoms with Crippen LogP contribution in [-0.2, 0) is 6.54 Å². The molecule has 0 amide bonds. The van der Waals surface area contributed by atoms with E-state index in [2.05, 4.69) is 55.8 Å². The van der Waals surface area contributed by atoms with Crippen molar-refractivity contribution >= 4 is 17.0 Å². The topological polar surface area (TPSA) is 23.5 Å². The zero-order chi connectivity index (χ0) is 14.5. The number of aryl methyl sites for hydroxylation is 2. The van der Waals surface area contributed by atoms with Gasteiger partial charge in [0.25, 0.3) is 0 Å². The van der Waals surface area contributed by atoms with Crippen LogP contribution in [0.2, 0.25) is 0 Å².